The average Bonchev–Trinajstić information content (AvgIpc) is 2.87. The number of amidine groups is 1. The summed E-state index contributed by atoms with van der Waals surface area (Å²) in [6.45, 7) is 0. The SMILES string of the molecule is COC(=O)c1cccc(Br)c1C=NN=C1NC(=O)C(CC(=O)O)S1. The van der Waals surface area contributed by atoms with E-state index in [-0.39, 0.29) is 11.6 Å². The lowest BCUT2D eigenvalue weighted by Crippen LogP contribution is -2.26. The first-order valence-electron chi connectivity index (χ1n) is 6.59. The van der Waals surface area contributed by atoms with E-state index in [9.17, 15) is 14.4 Å². The molecular formula is C14H12BrN3O5S. The summed E-state index contributed by atoms with van der Waals surface area (Å²) >= 11 is 4.31. The van der Waals surface area contributed by atoms with Crippen molar-refractivity contribution in [3.05, 3.63) is 33.8 Å². The quantitative estimate of drug-likeness (QED) is 0.430. The molecule has 1 heterocycles. The van der Waals surface area contributed by atoms with Crippen molar-refractivity contribution in [3.8, 4) is 0 Å². The Labute approximate surface area is 149 Å². The zero-order chi connectivity index (χ0) is 17.7. The van der Waals surface area contributed by atoms with Gasteiger partial charge in [-0.3, -0.25) is 9.59 Å². The Morgan fingerprint density at radius 3 is 2.92 bits per heavy atom. The molecule has 1 aliphatic rings. The van der Waals surface area contributed by atoms with Crippen molar-refractivity contribution in [2.45, 2.75) is 11.7 Å². The third-order valence-corrected chi connectivity index (χ3v) is 4.69. The maximum atomic E-state index is 11.7. The lowest BCUT2D eigenvalue weighted by molar-refractivity contribution is -0.138. The van der Waals surface area contributed by atoms with Crippen LogP contribution in [0.2, 0.25) is 0 Å². The van der Waals surface area contributed by atoms with Crippen molar-refractivity contribution in [2.75, 3.05) is 7.11 Å². The molecule has 2 rings (SSSR count). The van der Waals surface area contributed by atoms with Crippen LogP contribution in [-0.2, 0) is 14.3 Å². The Bertz CT molecular complexity index is 750. The molecule has 1 saturated heterocycles. The predicted molar refractivity (Wildman–Crippen MR) is 92.3 cm³/mol. The Hall–Kier alpha value is -2.20. The highest BCUT2D eigenvalue weighted by molar-refractivity contribution is 9.10. The van der Waals surface area contributed by atoms with Gasteiger partial charge in [0.05, 0.1) is 25.3 Å². The van der Waals surface area contributed by atoms with Crippen LogP contribution >= 0.6 is 27.7 Å². The molecule has 1 aromatic rings. The van der Waals surface area contributed by atoms with Gasteiger partial charge in [-0.1, -0.05) is 33.8 Å². The van der Waals surface area contributed by atoms with Crippen molar-refractivity contribution in [3.63, 3.8) is 0 Å². The van der Waals surface area contributed by atoms with Gasteiger partial charge in [0.25, 0.3) is 0 Å². The maximum absolute atomic E-state index is 11.7. The second kappa shape index (κ2) is 8.06. The molecule has 0 spiro atoms. The van der Waals surface area contributed by atoms with Gasteiger partial charge in [0.15, 0.2) is 5.17 Å². The second-order valence-electron chi connectivity index (χ2n) is 4.54. The zero-order valence-electron chi connectivity index (χ0n) is 12.4. The van der Waals surface area contributed by atoms with Crippen LogP contribution in [-0.4, -0.2) is 46.7 Å². The molecule has 1 aromatic carbocycles. The summed E-state index contributed by atoms with van der Waals surface area (Å²) in [5.74, 6) is -2.01. The summed E-state index contributed by atoms with van der Waals surface area (Å²) < 4.78 is 5.33. The van der Waals surface area contributed by atoms with Crippen LogP contribution in [0.1, 0.15) is 22.3 Å². The Balaban J connectivity index is 2.17. The molecule has 8 nitrogen and oxygen atoms in total. The highest BCUT2D eigenvalue weighted by Crippen LogP contribution is 2.23. The number of hydrogen-bond acceptors (Lipinski definition) is 7. The first kappa shape index (κ1) is 18.1. The molecule has 1 unspecified atom stereocenters. The fourth-order valence-corrected chi connectivity index (χ4v) is 3.22. The van der Waals surface area contributed by atoms with E-state index < -0.39 is 23.1 Å². The minimum absolute atomic E-state index is 0.203. The van der Waals surface area contributed by atoms with Crippen LogP contribution in [0.4, 0.5) is 0 Å². The van der Waals surface area contributed by atoms with Gasteiger partial charge in [0, 0.05) is 10.0 Å². The number of esters is 1. The van der Waals surface area contributed by atoms with Gasteiger partial charge in [0.1, 0.15) is 5.25 Å². The van der Waals surface area contributed by atoms with E-state index in [2.05, 4.69) is 31.4 Å². The molecule has 1 amide bonds. The van der Waals surface area contributed by atoms with Gasteiger partial charge >= 0.3 is 11.9 Å². The van der Waals surface area contributed by atoms with Gasteiger partial charge in [-0.15, -0.1) is 5.10 Å². The highest BCUT2D eigenvalue weighted by atomic mass is 79.9. The van der Waals surface area contributed by atoms with Crippen molar-refractivity contribution >= 4 is 56.9 Å². The zero-order valence-corrected chi connectivity index (χ0v) is 14.8. The highest BCUT2D eigenvalue weighted by Gasteiger charge is 2.32. The van der Waals surface area contributed by atoms with E-state index in [1.807, 2.05) is 0 Å². The molecule has 10 heteroatoms. The Morgan fingerprint density at radius 2 is 2.25 bits per heavy atom. The molecule has 0 radical (unpaired) electrons. The Morgan fingerprint density at radius 1 is 1.50 bits per heavy atom. The van der Waals surface area contributed by atoms with Gasteiger partial charge in [-0.2, -0.15) is 5.10 Å². The number of nitrogens with zero attached hydrogens (tertiary/aromatic N) is 2. The van der Waals surface area contributed by atoms with Gasteiger partial charge in [0.2, 0.25) is 5.91 Å². The average molecular weight is 414 g/mol. The van der Waals surface area contributed by atoms with Crippen LogP contribution in [0.25, 0.3) is 0 Å². The number of hydrogen-bond donors (Lipinski definition) is 2. The molecule has 0 aromatic heterocycles. The fraction of sp³-hybridized carbons (Fsp3) is 0.214. The lowest BCUT2D eigenvalue weighted by Gasteiger charge is -2.04. The van der Waals surface area contributed by atoms with Crippen LogP contribution in [0.15, 0.2) is 32.9 Å². The monoisotopic (exact) mass is 413 g/mol. The van der Waals surface area contributed by atoms with Gasteiger partial charge in [-0.25, -0.2) is 4.79 Å². The number of halogens is 1. The number of aliphatic carboxylic acids is 1. The van der Waals surface area contributed by atoms with Crippen LogP contribution in [0.3, 0.4) is 0 Å². The first-order chi connectivity index (χ1) is 11.4. The summed E-state index contributed by atoms with van der Waals surface area (Å²) in [4.78, 5) is 34.0. The van der Waals surface area contributed by atoms with Crippen molar-refractivity contribution in [2.24, 2.45) is 10.2 Å². The van der Waals surface area contributed by atoms with E-state index in [0.29, 0.717) is 15.6 Å². The fourth-order valence-electron chi connectivity index (χ4n) is 1.84. The largest absolute Gasteiger partial charge is 0.481 e. The molecular weight excluding hydrogens is 402 g/mol. The molecule has 24 heavy (non-hydrogen) atoms. The number of carbonyl (C=O) groups excluding carboxylic acids is 2. The minimum atomic E-state index is -1.07. The number of rotatable bonds is 5. The number of carbonyl (C=O) groups is 3. The van der Waals surface area contributed by atoms with E-state index in [1.165, 1.54) is 13.3 Å². The second-order valence-corrected chi connectivity index (χ2v) is 6.58. The number of carboxylic acids is 1. The van der Waals surface area contributed by atoms with Gasteiger partial charge in [-0.05, 0) is 12.1 Å². The number of ether oxygens (including phenoxy) is 1. The molecule has 0 bridgehead atoms. The molecule has 0 saturated carbocycles. The van der Waals surface area contributed by atoms with E-state index >= 15 is 0 Å². The molecule has 1 aliphatic heterocycles. The van der Waals surface area contributed by atoms with E-state index in [4.69, 9.17) is 9.84 Å². The summed E-state index contributed by atoms with van der Waals surface area (Å²) in [6.07, 6.45) is 1.05. The number of methoxy groups -OCH3 is 1. The summed E-state index contributed by atoms with van der Waals surface area (Å²) in [5, 5.41) is 18.3. The molecule has 2 N–H and O–H groups in total. The predicted octanol–water partition coefficient (Wildman–Crippen LogP) is 1.63. The van der Waals surface area contributed by atoms with Gasteiger partial charge < -0.3 is 15.2 Å². The number of thioether (sulfide) groups is 1. The summed E-state index contributed by atoms with van der Waals surface area (Å²) in [5.41, 5.74) is 0.785. The van der Waals surface area contributed by atoms with Crippen molar-refractivity contribution in [1.82, 2.24) is 5.32 Å². The van der Waals surface area contributed by atoms with Crippen LogP contribution in [0, 0.1) is 0 Å². The third kappa shape index (κ3) is 4.42. The summed E-state index contributed by atoms with van der Waals surface area (Å²) in [6, 6.07) is 5.00. The number of benzene rings is 1. The number of nitrogens with one attached hydrogen (secondary N) is 1. The standard InChI is InChI=1S/C14H12BrN3O5S/c1-23-13(22)7-3-2-4-9(15)8(7)6-16-18-14-17-12(21)10(24-14)5-11(19)20/h2-4,6,10H,5H2,1H3,(H,19,20)(H,17,18,21). The normalized spacial score (nSPS) is 18.8. The van der Waals surface area contributed by atoms with E-state index in [1.54, 1.807) is 18.2 Å². The summed E-state index contributed by atoms with van der Waals surface area (Å²) in [7, 11) is 1.28. The smallest absolute Gasteiger partial charge is 0.338 e. The first-order valence-corrected chi connectivity index (χ1v) is 8.26. The van der Waals surface area contributed by atoms with Crippen molar-refractivity contribution in [1.29, 1.82) is 0 Å². The molecule has 1 fully saturated rings. The number of carboxylic acid groups (broad SMARTS) is 1. The molecule has 126 valence electrons. The molecule has 0 aliphatic carbocycles. The third-order valence-electron chi connectivity index (χ3n) is 2.93. The topological polar surface area (TPSA) is 117 Å². The maximum Gasteiger partial charge on any atom is 0.338 e. The minimum Gasteiger partial charge on any atom is -0.481 e. The van der Waals surface area contributed by atoms with E-state index in [0.717, 1.165) is 11.8 Å². The van der Waals surface area contributed by atoms with Crippen molar-refractivity contribution < 1.29 is 24.2 Å². The lowest BCUT2D eigenvalue weighted by atomic mass is 10.1. The van der Waals surface area contributed by atoms with Crippen LogP contribution in [0.5, 0.6) is 0 Å². The number of amides is 1. The molecule has 1 atom stereocenters. The Kier molecular flexibility index (Phi) is 6.10. The van der Waals surface area contributed by atoms with Crippen LogP contribution < -0.4 is 5.32 Å².